The van der Waals surface area contributed by atoms with Crippen LogP contribution in [-0.4, -0.2) is 10.2 Å². The molecule has 0 radical (unpaired) electrons. The summed E-state index contributed by atoms with van der Waals surface area (Å²) in [7, 11) is 3.04. The lowest BCUT2D eigenvalue weighted by atomic mass is 10.8. The number of aromatic amines is 1. The maximum Gasteiger partial charge on any atom is 0.0699 e. The molecule has 0 saturated heterocycles. The van der Waals surface area contributed by atoms with Crippen molar-refractivity contribution in [3.05, 3.63) is 12.3 Å². The van der Waals surface area contributed by atoms with Crippen LogP contribution >= 0.6 is 18.1 Å². The van der Waals surface area contributed by atoms with E-state index < -0.39 is 0 Å². The molecule has 0 amide bonds. The minimum absolute atomic E-state index is 0.606. The van der Waals surface area contributed by atoms with Gasteiger partial charge in [-0.3, -0.25) is 9.96 Å². The fourth-order valence-corrected chi connectivity index (χ4v) is 1.30. The van der Waals surface area contributed by atoms with Crippen LogP contribution < -0.4 is 10.3 Å². The number of aromatic nitrogens is 2. The second-order valence-corrected chi connectivity index (χ2v) is 3.18. The van der Waals surface area contributed by atoms with Crippen LogP contribution in [0, 0.1) is 0 Å². The Labute approximate surface area is 51.7 Å². The molecule has 0 aromatic carbocycles. The molecule has 8 heavy (non-hydrogen) atoms. The second kappa shape index (κ2) is 3.13. The normalized spacial score (nSPS) is 11.1. The molecule has 3 nitrogen and oxygen atoms in total. The minimum atomic E-state index is 0.606. The summed E-state index contributed by atoms with van der Waals surface area (Å²) < 4.78 is 0. The Kier molecular flexibility index (Phi) is 2.41. The first-order valence-electron chi connectivity index (χ1n) is 2.14. The van der Waals surface area contributed by atoms with E-state index in [2.05, 4.69) is 24.4 Å². The molecule has 0 spiro atoms. The first kappa shape index (κ1) is 6.15. The summed E-state index contributed by atoms with van der Waals surface area (Å²) in [5, 5.41) is 6.60. The zero-order valence-electron chi connectivity index (χ0n) is 4.18. The van der Waals surface area contributed by atoms with Gasteiger partial charge >= 0.3 is 0 Å². The number of nitrogens with zero attached hydrogens (tertiary/aromatic N) is 1. The monoisotopic (exact) mass is 147 g/mol. The third-order valence-electron chi connectivity index (χ3n) is 0.708. The van der Waals surface area contributed by atoms with Gasteiger partial charge in [0.15, 0.2) is 0 Å². The van der Waals surface area contributed by atoms with Gasteiger partial charge in [-0.25, -0.2) is 0 Å². The van der Waals surface area contributed by atoms with Crippen molar-refractivity contribution < 1.29 is 0 Å². The van der Waals surface area contributed by atoms with E-state index in [1.807, 2.05) is 6.07 Å². The molecule has 0 aliphatic carbocycles. The predicted molar refractivity (Wildman–Crippen MR) is 39.4 cm³/mol. The number of rotatable bonds is 2. The first-order valence-corrected chi connectivity index (χ1v) is 3.72. The quantitative estimate of drug-likeness (QED) is 0.578. The summed E-state index contributed by atoms with van der Waals surface area (Å²) in [5.41, 5.74) is 1.13. The van der Waals surface area contributed by atoms with Gasteiger partial charge in [0.1, 0.15) is 0 Å². The van der Waals surface area contributed by atoms with Crippen LogP contribution in [0.15, 0.2) is 12.3 Å². The maximum atomic E-state index is 3.77. The minimum Gasteiger partial charge on any atom is -0.277 e. The average molecular weight is 147 g/mol. The fourth-order valence-electron chi connectivity index (χ4n) is 0.403. The van der Waals surface area contributed by atoms with Gasteiger partial charge in [0.25, 0.3) is 0 Å². The van der Waals surface area contributed by atoms with Gasteiger partial charge in [0, 0.05) is 14.9 Å². The SMILES string of the molecule is PNPc1ccn[nH]1. The van der Waals surface area contributed by atoms with E-state index in [1.54, 1.807) is 6.20 Å². The molecular weight excluding hydrogens is 140 g/mol. The lowest BCUT2D eigenvalue weighted by Gasteiger charge is -1.89. The number of nitrogens with one attached hydrogen (secondary N) is 2. The van der Waals surface area contributed by atoms with Crippen LogP contribution in [0.1, 0.15) is 0 Å². The zero-order chi connectivity index (χ0) is 5.82. The molecule has 1 rings (SSSR count). The predicted octanol–water partition coefficient (Wildman–Crippen LogP) is 0.00820. The van der Waals surface area contributed by atoms with E-state index in [4.69, 9.17) is 0 Å². The Morgan fingerprint density at radius 1 is 1.88 bits per heavy atom. The summed E-state index contributed by atoms with van der Waals surface area (Å²) in [6.07, 6.45) is 1.74. The molecule has 0 aliphatic rings. The molecule has 0 saturated carbocycles. The van der Waals surface area contributed by atoms with Gasteiger partial charge < -0.3 is 0 Å². The molecule has 0 bridgehead atoms. The van der Waals surface area contributed by atoms with E-state index in [-0.39, 0.29) is 0 Å². The van der Waals surface area contributed by atoms with Gasteiger partial charge in [-0.05, 0) is 6.07 Å². The Hall–Kier alpha value is 0.0300. The summed E-state index contributed by atoms with van der Waals surface area (Å²) >= 11 is 0. The summed E-state index contributed by atoms with van der Waals surface area (Å²) in [6, 6.07) is 1.94. The fraction of sp³-hybridized carbons (Fsp3) is 0. The highest BCUT2D eigenvalue weighted by molar-refractivity contribution is 7.51. The van der Waals surface area contributed by atoms with Crippen LogP contribution in [0.3, 0.4) is 0 Å². The third kappa shape index (κ3) is 1.52. The lowest BCUT2D eigenvalue weighted by molar-refractivity contribution is 1.11. The van der Waals surface area contributed by atoms with Gasteiger partial charge in [0.05, 0.1) is 5.44 Å². The molecule has 0 aliphatic heterocycles. The molecule has 44 valence electrons. The zero-order valence-corrected chi connectivity index (χ0v) is 6.33. The van der Waals surface area contributed by atoms with Crippen molar-refractivity contribution in [2.45, 2.75) is 0 Å². The molecule has 1 heterocycles. The average Bonchev–Trinajstić information content (AvgIpc) is 2.19. The van der Waals surface area contributed by atoms with E-state index >= 15 is 0 Å². The lowest BCUT2D eigenvalue weighted by Crippen LogP contribution is -1.97. The molecular formula is C3H7N3P2. The van der Waals surface area contributed by atoms with E-state index in [0.717, 1.165) is 5.44 Å². The van der Waals surface area contributed by atoms with Gasteiger partial charge in [-0.15, -0.1) is 0 Å². The van der Waals surface area contributed by atoms with E-state index in [0.29, 0.717) is 8.73 Å². The Bertz CT molecular complexity index is 138. The molecule has 2 N–H and O–H groups in total. The van der Waals surface area contributed by atoms with Crippen LogP contribution in [0.5, 0.6) is 0 Å². The van der Waals surface area contributed by atoms with Crippen molar-refractivity contribution in [3.8, 4) is 0 Å². The highest BCUT2D eigenvalue weighted by Crippen LogP contribution is 2.01. The van der Waals surface area contributed by atoms with Crippen molar-refractivity contribution in [2.75, 3.05) is 0 Å². The Morgan fingerprint density at radius 2 is 2.75 bits per heavy atom. The highest BCUT2D eigenvalue weighted by Gasteiger charge is 1.86. The number of H-pyrrole nitrogens is 1. The van der Waals surface area contributed by atoms with Gasteiger partial charge in [0.2, 0.25) is 0 Å². The van der Waals surface area contributed by atoms with Crippen molar-refractivity contribution in [2.24, 2.45) is 0 Å². The molecule has 1 aromatic rings. The molecule has 2 unspecified atom stereocenters. The van der Waals surface area contributed by atoms with Crippen molar-refractivity contribution in [1.82, 2.24) is 15.1 Å². The van der Waals surface area contributed by atoms with E-state index in [1.165, 1.54) is 0 Å². The Morgan fingerprint density at radius 3 is 3.25 bits per heavy atom. The van der Waals surface area contributed by atoms with Gasteiger partial charge in [-0.2, -0.15) is 5.10 Å². The van der Waals surface area contributed by atoms with E-state index in [9.17, 15) is 0 Å². The summed E-state index contributed by atoms with van der Waals surface area (Å²) in [4.78, 5) is 2.94. The van der Waals surface area contributed by atoms with Crippen LogP contribution in [0.25, 0.3) is 0 Å². The third-order valence-corrected chi connectivity index (χ3v) is 1.83. The maximum absolute atomic E-state index is 3.77. The topological polar surface area (TPSA) is 40.7 Å². The van der Waals surface area contributed by atoms with Crippen molar-refractivity contribution >= 4 is 23.6 Å². The molecule has 0 fully saturated rings. The van der Waals surface area contributed by atoms with Crippen LogP contribution in [-0.2, 0) is 0 Å². The van der Waals surface area contributed by atoms with Crippen LogP contribution in [0.2, 0.25) is 0 Å². The second-order valence-electron chi connectivity index (χ2n) is 1.24. The van der Waals surface area contributed by atoms with Crippen LogP contribution in [0.4, 0.5) is 0 Å². The van der Waals surface area contributed by atoms with Crippen molar-refractivity contribution in [1.29, 1.82) is 0 Å². The van der Waals surface area contributed by atoms with Crippen molar-refractivity contribution in [3.63, 3.8) is 0 Å². The molecule has 2 atom stereocenters. The largest absolute Gasteiger partial charge is 0.277 e. The van der Waals surface area contributed by atoms with Gasteiger partial charge in [-0.1, -0.05) is 9.39 Å². The summed E-state index contributed by atoms with van der Waals surface area (Å²) in [6.45, 7) is 0. The summed E-state index contributed by atoms with van der Waals surface area (Å²) in [5.74, 6) is 0. The first-order chi connectivity index (χ1) is 3.93. The number of hydrogen-bond acceptors (Lipinski definition) is 2. The highest BCUT2D eigenvalue weighted by atomic mass is 31.1. The number of hydrogen-bond donors (Lipinski definition) is 2. The standard InChI is InChI=1S/C3H7N3P2/c7-6-8-3-1-2-4-5-3/h1-2,6,8H,7H2,(H,4,5). The molecule has 1 aromatic heterocycles. The smallest absolute Gasteiger partial charge is 0.0699 e. The Balaban J connectivity index is 2.50. The molecule has 5 heteroatoms.